The lowest BCUT2D eigenvalue weighted by Crippen LogP contribution is -2.36. The van der Waals surface area contributed by atoms with Crippen molar-refractivity contribution >= 4 is 10.0 Å². The monoisotopic (exact) mass is 367 g/mol. The molecule has 1 aliphatic carbocycles. The molecule has 25 heavy (non-hydrogen) atoms. The van der Waals surface area contributed by atoms with E-state index in [9.17, 15) is 8.42 Å². The summed E-state index contributed by atoms with van der Waals surface area (Å²) < 4.78 is 39.6. The first-order valence-electron chi connectivity index (χ1n) is 9.34. The van der Waals surface area contributed by atoms with Crippen LogP contribution in [0.2, 0.25) is 0 Å². The van der Waals surface area contributed by atoms with Crippen molar-refractivity contribution < 1.29 is 17.9 Å². The summed E-state index contributed by atoms with van der Waals surface area (Å²) in [5.74, 6) is 2.09. The van der Waals surface area contributed by atoms with Crippen molar-refractivity contribution in [3.63, 3.8) is 0 Å². The van der Waals surface area contributed by atoms with Gasteiger partial charge in [0.25, 0.3) is 0 Å². The van der Waals surface area contributed by atoms with Crippen LogP contribution in [0.25, 0.3) is 0 Å². The molecule has 1 saturated carbocycles. The van der Waals surface area contributed by atoms with Crippen LogP contribution in [0.3, 0.4) is 0 Å². The van der Waals surface area contributed by atoms with Gasteiger partial charge in [0.2, 0.25) is 10.0 Å². The van der Waals surface area contributed by atoms with Gasteiger partial charge in [0.1, 0.15) is 13.2 Å². The molecular weight excluding hydrogens is 338 g/mol. The normalized spacial score (nSPS) is 19.8. The van der Waals surface area contributed by atoms with Gasteiger partial charge in [0.15, 0.2) is 11.5 Å². The third kappa shape index (κ3) is 4.88. The standard InChI is InChI=1S/C19H29NO4S/c1-14(2)19(16-8-9-17-18(12-16)24-11-10-23-17)20-25(21,22)13-15-6-4-3-5-7-15/h8-9,12,14-15,19-20H,3-7,10-11,13H2,1-2H3/t19-/m1/s1. The van der Waals surface area contributed by atoms with Crippen molar-refractivity contribution in [3.05, 3.63) is 23.8 Å². The molecule has 0 unspecified atom stereocenters. The van der Waals surface area contributed by atoms with Gasteiger partial charge in [-0.3, -0.25) is 0 Å². The van der Waals surface area contributed by atoms with Gasteiger partial charge in [0.05, 0.1) is 5.75 Å². The van der Waals surface area contributed by atoms with Crippen molar-refractivity contribution in [2.75, 3.05) is 19.0 Å². The van der Waals surface area contributed by atoms with Gasteiger partial charge in [-0.15, -0.1) is 0 Å². The Labute approximate surface area is 151 Å². The molecule has 1 aromatic rings. The third-order valence-corrected chi connectivity index (χ3v) is 6.60. The number of fused-ring (bicyclic) bond motifs is 1. The van der Waals surface area contributed by atoms with Gasteiger partial charge in [-0.25, -0.2) is 13.1 Å². The highest BCUT2D eigenvalue weighted by molar-refractivity contribution is 7.89. The second-order valence-corrected chi connectivity index (χ2v) is 9.33. The molecular formula is C19H29NO4S. The molecule has 0 spiro atoms. The van der Waals surface area contributed by atoms with Gasteiger partial charge in [-0.1, -0.05) is 39.2 Å². The van der Waals surface area contributed by atoms with Crippen LogP contribution in [-0.2, 0) is 10.0 Å². The third-order valence-electron chi connectivity index (χ3n) is 5.08. The number of hydrogen-bond acceptors (Lipinski definition) is 4. The predicted molar refractivity (Wildman–Crippen MR) is 98.5 cm³/mol. The Kier molecular flexibility index (Phi) is 5.89. The molecule has 1 aromatic carbocycles. The molecule has 1 aliphatic heterocycles. The van der Waals surface area contributed by atoms with Gasteiger partial charge in [0, 0.05) is 6.04 Å². The highest BCUT2D eigenvalue weighted by Gasteiger charge is 2.27. The van der Waals surface area contributed by atoms with Gasteiger partial charge < -0.3 is 9.47 Å². The Morgan fingerprint density at radius 2 is 1.76 bits per heavy atom. The quantitative estimate of drug-likeness (QED) is 0.833. The van der Waals surface area contributed by atoms with Crippen molar-refractivity contribution in [2.24, 2.45) is 11.8 Å². The van der Waals surface area contributed by atoms with E-state index in [1.165, 1.54) is 6.42 Å². The Bertz CT molecular complexity index is 681. The van der Waals surface area contributed by atoms with E-state index in [2.05, 4.69) is 4.72 Å². The summed E-state index contributed by atoms with van der Waals surface area (Å²) in [6, 6.07) is 5.45. The number of sulfonamides is 1. The zero-order valence-electron chi connectivity index (χ0n) is 15.2. The molecule has 6 heteroatoms. The van der Waals surface area contributed by atoms with Gasteiger partial charge in [-0.2, -0.15) is 0 Å². The maximum atomic E-state index is 12.7. The summed E-state index contributed by atoms with van der Waals surface area (Å²) in [7, 11) is -3.32. The first-order chi connectivity index (χ1) is 11.9. The number of benzene rings is 1. The van der Waals surface area contributed by atoms with Gasteiger partial charge in [-0.05, 0) is 42.4 Å². The van der Waals surface area contributed by atoms with Crippen LogP contribution in [0.5, 0.6) is 11.5 Å². The fourth-order valence-corrected chi connectivity index (χ4v) is 5.59. The number of hydrogen-bond donors (Lipinski definition) is 1. The minimum Gasteiger partial charge on any atom is -0.486 e. The second-order valence-electron chi connectivity index (χ2n) is 7.53. The van der Waals surface area contributed by atoms with Crippen LogP contribution in [-0.4, -0.2) is 27.4 Å². The van der Waals surface area contributed by atoms with E-state index in [0.29, 0.717) is 24.9 Å². The molecule has 5 nitrogen and oxygen atoms in total. The van der Waals surface area contributed by atoms with E-state index in [-0.39, 0.29) is 17.7 Å². The summed E-state index contributed by atoms with van der Waals surface area (Å²) in [6.45, 7) is 5.14. The molecule has 1 fully saturated rings. The predicted octanol–water partition coefficient (Wildman–Crippen LogP) is 3.65. The fourth-order valence-electron chi connectivity index (χ4n) is 3.75. The molecule has 0 radical (unpaired) electrons. The zero-order valence-corrected chi connectivity index (χ0v) is 16.0. The molecule has 3 rings (SSSR count). The van der Waals surface area contributed by atoms with E-state index in [0.717, 1.165) is 37.0 Å². The molecule has 1 N–H and O–H groups in total. The van der Waals surface area contributed by atoms with Crippen molar-refractivity contribution in [1.82, 2.24) is 4.72 Å². The van der Waals surface area contributed by atoms with Crippen LogP contribution < -0.4 is 14.2 Å². The fraction of sp³-hybridized carbons (Fsp3) is 0.684. The molecule has 0 amide bonds. The minimum atomic E-state index is -3.32. The highest BCUT2D eigenvalue weighted by atomic mass is 32.2. The van der Waals surface area contributed by atoms with Gasteiger partial charge >= 0.3 is 0 Å². The van der Waals surface area contributed by atoms with E-state index in [4.69, 9.17) is 9.47 Å². The summed E-state index contributed by atoms with van der Waals surface area (Å²) in [6.07, 6.45) is 5.58. The summed E-state index contributed by atoms with van der Waals surface area (Å²) in [4.78, 5) is 0. The maximum Gasteiger partial charge on any atom is 0.212 e. The molecule has 1 atom stereocenters. The van der Waals surface area contributed by atoms with Crippen LogP contribution in [0, 0.1) is 11.8 Å². The average Bonchev–Trinajstić information content (AvgIpc) is 2.59. The van der Waals surface area contributed by atoms with Crippen molar-refractivity contribution in [1.29, 1.82) is 0 Å². The van der Waals surface area contributed by atoms with Crippen LogP contribution in [0.4, 0.5) is 0 Å². The first kappa shape index (κ1) is 18.5. The van der Waals surface area contributed by atoms with Crippen molar-refractivity contribution in [2.45, 2.75) is 52.0 Å². The topological polar surface area (TPSA) is 64.6 Å². The number of ether oxygens (including phenoxy) is 2. The molecule has 0 saturated heterocycles. The summed E-state index contributed by atoms with van der Waals surface area (Å²) in [5, 5.41) is 0. The van der Waals surface area contributed by atoms with E-state index in [1.807, 2.05) is 32.0 Å². The number of rotatable bonds is 6. The summed E-state index contributed by atoms with van der Waals surface area (Å²) >= 11 is 0. The van der Waals surface area contributed by atoms with Crippen LogP contribution >= 0.6 is 0 Å². The Morgan fingerprint density at radius 3 is 2.44 bits per heavy atom. The Balaban J connectivity index is 1.74. The minimum absolute atomic E-state index is 0.142. The molecule has 0 aromatic heterocycles. The molecule has 140 valence electrons. The highest BCUT2D eigenvalue weighted by Crippen LogP contribution is 2.35. The smallest absolute Gasteiger partial charge is 0.212 e. The number of nitrogens with one attached hydrogen (secondary N) is 1. The van der Waals surface area contributed by atoms with E-state index in [1.54, 1.807) is 0 Å². The Morgan fingerprint density at radius 1 is 1.08 bits per heavy atom. The lowest BCUT2D eigenvalue weighted by molar-refractivity contribution is 0.171. The van der Waals surface area contributed by atoms with E-state index >= 15 is 0 Å². The molecule has 0 bridgehead atoms. The van der Waals surface area contributed by atoms with Crippen molar-refractivity contribution in [3.8, 4) is 11.5 Å². The van der Waals surface area contributed by atoms with Crippen LogP contribution in [0.15, 0.2) is 18.2 Å². The molecule has 2 aliphatic rings. The lowest BCUT2D eigenvalue weighted by atomic mass is 9.91. The maximum absolute atomic E-state index is 12.7. The Hall–Kier alpha value is -1.27. The summed E-state index contributed by atoms with van der Waals surface area (Å²) in [5.41, 5.74) is 0.923. The van der Waals surface area contributed by atoms with E-state index < -0.39 is 10.0 Å². The zero-order chi connectivity index (χ0) is 17.9. The van der Waals surface area contributed by atoms with Crippen LogP contribution in [0.1, 0.15) is 57.6 Å². The molecule has 1 heterocycles. The first-order valence-corrected chi connectivity index (χ1v) is 11.0. The second kappa shape index (κ2) is 7.96. The SMILES string of the molecule is CC(C)[C@@H](NS(=O)(=O)CC1CCCCC1)c1ccc2c(c1)OCCO2. The lowest BCUT2D eigenvalue weighted by Gasteiger charge is -2.27. The largest absolute Gasteiger partial charge is 0.486 e. The average molecular weight is 368 g/mol.